The molecule has 1 amide bonds. The van der Waals surface area contributed by atoms with Crippen LogP contribution in [0.3, 0.4) is 0 Å². The standard InChI is InChI=1S/C23H24N6O/c1-16(24-8-9-25-21-14-28(2)15-21)17-5-4-6-20(12-17)27-23(30)19-11-18-7-10-29(3)22(18)26-13-19/h4-16,25H,1-3H3,(H,27,30). The van der Waals surface area contributed by atoms with Crippen LogP contribution in [0.5, 0.6) is 0 Å². The Morgan fingerprint density at radius 2 is 2.13 bits per heavy atom. The van der Waals surface area contributed by atoms with Crippen molar-refractivity contribution in [3.63, 3.8) is 0 Å². The highest BCUT2D eigenvalue weighted by molar-refractivity contribution is 6.05. The van der Waals surface area contributed by atoms with Crippen LogP contribution in [0.2, 0.25) is 0 Å². The van der Waals surface area contributed by atoms with Crippen LogP contribution in [0.1, 0.15) is 28.9 Å². The average Bonchev–Trinajstić information content (AvgIpc) is 3.10. The topological polar surface area (TPSA) is 76.1 Å². The third-order valence-corrected chi connectivity index (χ3v) is 4.92. The number of benzene rings is 1. The van der Waals surface area contributed by atoms with E-state index < -0.39 is 0 Å². The lowest BCUT2D eigenvalue weighted by Crippen LogP contribution is -2.21. The summed E-state index contributed by atoms with van der Waals surface area (Å²) < 4.78 is 3.90. The van der Waals surface area contributed by atoms with Crippen molar-refractivity contribution in [2.75, 3.05) is 12.4 Å². The van der Waals surface area contributed by atoms with Gasteiger partial charge >= 0.3 is 0 Å². The van der Waals surface area contributed by atoms with Gasteiger partial charge in [-0.1, -0.05) is 30.7 Å². The first-order chi connectivity index (χ1) is 14.5. The normalized spacial score (nSPS) is 14.1. The van der Waals surface area contributed by atoms with Crippen molar-refractivity contribution in [3.05, 3.63) is 89.5 Å². The van der Waals surface area contributed by atoms with E-state index in [0.717, 1.165) is 28.0 Å². The predicted octanol–water partition coefficient (Wildman–Crippen LogP) is 3.89. The number of nitrogens with zero attached hydrogens (tertiary/aromatic N) is 4. The van der Waals surface area contributed by atoms with Gasteiger partial charge in [-0.15, -0.1) is 0 Å². The van der Waals surface area contributed by atoms with Crippen molar-refractivity contribution >= 4 is 28.8 Å². The van der Waals surface area contributed by atoms with Crippen molar-refractivity contribution in [2.45, 2.75) is 13.0 Å². The molecule has 2 aromatic heterocycles. The third-order valence-electron chi connectivity index (χ3n) is 4.92. The van der Waals surface area contributed by atoms with Crippen LogP contribution in [0, 0.1) is 0 Å². The molecule has 0 spiro atoms. The van der Waals surface area contributed by atoms with Gasteiger partial charge < -0.3 is 20.5 Å². The number of aromatic nitrogens is 2. The zero-order valence-corrected chi connectivity index (χ0v) is 17.2. The minimum Gasteiger partial charge on any atom is -0.683 e. The molecule has 4 rings (SSSR count). The number of pyridine rings is 1. The molecule has 1 unspecified atom stereocenters. The number of carbonyl (C=O) groups is 1. The Balaban J connectivity index is 1.37. The van der Waals surface area contributed by atoms with E-state index in [0.29, 0.717) is 5.56 Å². The van der Waals surface area contributed by atoms with Crippen LogP contribution in [-0.2, 0) is 7.05 Å². The number of allylic oxidation sites excluding steroid dienone is 1. The van der Waals surface area contributed by atoms with E-state index in [1.165, 1.54) is 0 Å². The van der Waals surface area contributed by atoms with Gasteiger partial charge in [0.1, 0.15) is 12.7 Å². The third kappa shape index (κ3) is 4.25. The minimum atomic E-state index is -0.186. The first-order valence-corrected chi connectivity index (χ1v) is 9.72. The zero-order chi connectivity index (χ0) is 21.1. The Hall–Kier alpha value is -3.87. The number of amides is 1. The number of hydrogen-bond donors (Lipinski definition) is 2. The molecule has 0 saturated carbocycles. The molecule has 2 N–H and O–H groups in total. The number of anilines is 1. The van der Waals surface area contributed by atoms with E-state index in [-0.39, 0.29) is 11.9 Å². The first-order valence-electron chi connectivity index (χ1n) is 9.72. The minimum absolute atomic E-state index is 0.0377. The Kier molecular flexibility index (Phi) is 5.34. The number of hydrogen-bond acceptors (Lipinski definition) is 3. The lowest BCUT2D eigenvalue weighted by Gasteiger charge is -2.26. The second kappa shape index (κ2) is 8.24. The Labute approximate surface area is 175 Å². The number of aryl methyl sites for hydroxylation is 1. The van der Waals surface area contributed by atoms with Crippen molar-refractivity contribution in [2.24, 2.45) is 7.05 Å². The van der Waals surface area contributed by atoms with E-state index in [9.17, 15) is 4.79 Å². The van der Waals surface area contributed by atoms with Gasteiger partial charge in [0.15, 0.2) is 18.1 Å². The molecule has 30 heavy (non-hydrogen) atoms. The van der Waals surface area contributed by atoms with Gasteiger partial charge in [0.25, 0.3) is 5.91 Å². The van der Waals surface area contributed by atoms with Crippen LogP contribution in [0.15, 0.2) is 73.1 Å². The van der Waals surface area contributed by atoms with Crippen molar-refractivity contribution in [1.82, 2.24) is 14.9 Å². The fraction of sp³-hybridized carbons (Fsp3) is 0.174. The van der Waals surface area contributed by atoms with Crippen molar-refractivity contribution in [3.8, 4) is 0 Å². The summed E-state index contributed by atoms with van der Waals surface area (Å²) in [5.41, 5.74) is 4.17. The van der Waals surface area contributed by atoms with Crippen LogP contribution in [0.4, 0.5) is 5.69 Å². The summed E-state index contributed by atoms with van der Waals surface area (Å²) in [6.07, 6.45) is 11.1. The molecule has 0 aliphatic carbocycles. The number of nitrogens with one attached hydrogen (secondary N) is 2. The molecule has 1 aromatic carbocycles. The molecule has 0 radical (unpaired) electrons. The molecular weight excluding hydrogens is 376 g/mol. The quantitative estimate of drug-likeness (QED) is 0.591. The molecule has 7 nitrogen and oxygen atoms in total. The van der Waals surface area contributed by atoms with Gasteiger partial charge in [-0.2, -0.15) is 6.20 Å². The van der Waals surface area contributed by atoms with E-state index in [1.807, 2.05) is 91.4 Å². The van der Waals surface area contributed by atoms with E-state index >= 15 is 0 Å². The van der Waals surface area contributed by atoms with Crippen LogP contribution >= 0.6 is 0 Å². The number of fused-ring (bicyclic) bond motifs is 1. The fourth-order valence-corrected chi connectivity index (χ4v) is 3.25. The number of rotatable bonds is 7. The maximum atomic E-state index is 12.7. The molecule has 1 aliphatic heterocycles. The fourth-order valence-electron chi connectivity index (χ4n) is 3.25. The highest BCUT2D eigenvalue weighted by atomic mass is 16.1. The summed E-state index contributed by atoms with van der Waals surface area (Å²) in [5, 5.41) is 11.6. The first kappa shape index (κ1) is 19.4. The van der Waals surface area contributed by atoms with Gasteiger partial charge in [-0.3, -0.25) is 4.79 Å². The van der Waals surface area contributed by atoms with Gasteiger partial charge in [0.05, 0.1) is 5.56 Å². The predicted molar refractivity (Wildman–Crippen MR) is 119 cm³/mol. The number of carbonyl (C=O) groups excluding carboxylic acids is 1. The van der Waals surface area contributed by atoms with Crippen LogP contribution in [0.25, 0.3) is 16.4 Å². The molecule has 1 atom stereocenters. The van der Waals surface area contributed by atoms with E-state index in [4.69, 9.17) is 0 Å². The summed E-state index contributed by atoms with van der Waals surface area (Å²) in [7, 11) is 3.91. The molecule has 3 heterocycles. The summed E-state index contributed by atoms with van der Waals surface area (Å²) >= 11 is 0. The maximum Gasteiger partial charge on any atom is 0.257 e. The van der Waals surface area contributed by atoms with Gasteiger partial charge in [-0.25, -0.2) is 9.56 Å². The lowest BCUT2D eigenvalue weighted by molar-refractivity contribution is -0.429. The molecule has 1 aliphatic rings. The second-order valence-corrected chi connectivity index (χ2v) is 7.31. The largest absolute Gasteiger partial charge is 0.683 e. The Morgan fingerprint density at radius 1 is 1.30 bits per heavy atom. The summed E-state index contributed by atoms with van der Waals surface area (Å²) in [4.78, 5) is 17.0. The van der Waals surface area contributed by atoms with Gasteiger partial charge in [0.2, 0.25) is 0 Å². The van der Waals surface area contributed by atoms with Gasteiger partial charge in [0, 0.05) is 30.5 Å². The summed E-state index contributed by atoms with van der Waals surface area (Å²) in [5.74, 6) is -0.186. The van der Waals surface area contributed by atoms with E-state index in [1.54, 1.807) is 12.4 Å². The van der Waals surface area contributed by atoms with Crippen molar-refractivity contribution < 1.29 is 9.37 Å². The molecule has 0 saturated heterocycles. The molecule has 0 fully saturated rings. The molecular formula is C23H24N6O. The second-order valence-electron chi connectivity index (χ2n) is 7.31. The Morgan fingerprint density at radius 3 is 2.93 bits per heavy atom. The maximum absolute atomic E-state index is 12.7. The molecule has 152 valence electrons. The van der Waals surface area contributed by atoms with Crippen molar-refractivity contribution in [1.29, 1.82) is 0 Å². The van der Waals surface area contributed by atoms with Crippen LogP contribution < -0.4 is 10.6 Å². The smallest absolute Gasteiger partial charge is 0.257 e. The summed E-state index contributed by atoms with van der Waals surface area (Å²) in [6.45, 7) is 2.01. The highest BCUT2D eigenvalue weighted by Crippen LogP contribution is 2.24. The zero-order valence-electron chi connectivity index (χ0n) is 17.2. The monoisotopic (exact) mass is 400 g/mol. The van der Waals surface area contributed by atoms with E-state index in [2.05, 4.69) is 20.9 Å². The molecule has 3 aromatic rings. The SMILES string of the molecule is CC([N-]C=CNC1=C[N+](C)=C1)c1cccc(NC(=O)c2cnc3c(ccn3C)c2)c1. The van der Waals surface area contributed by atoms with Gasteiger partial charge in [-0.05, 0) is 30.5 Å². The molecule has 7 heteroatoms. The lowest BCUT2D eigenvalue weighted by atomic mass is 10.1. The summed E-state index contributed by atoms with van der Waals surface area (Å²) in [6, 6.07) is 11.5. The molecule has 0 bridgehead atoms. The van der Waals surface area contributed by atoms with Crippen LogP contribution in [-0.4, -0.2) is 33.3 Å². The average molecular weight is 400 g/mol. The Bertz CT molecular complexity index is 1190. The highest BCUT2D eigenvalue weighted by Gasteiger charge is 2.10.